The van der Waals surface area contributed by atoms with Crippen LogP contribution in [0.1, 0.15) is 39.5 Å². The summed E-state index contributed by atoms with van der Waals surface area (Å²) in [6, 6.07) is 0. The topological polar surface area (TPSA) is 0 Å². The van der Waals surface area contributed by atoms with E-state index in [0.29, 0.717) is 6.42 Å². The molecule has 0 nitrogen and oxygen atoms in total. The highest BCUT2D eigenvalue weighted by molar-refractivity contribution is 4.82. The van der Waals surface area contributed by atoms with Crippen molar-refractivity contribution in [3.8, 4) is 0 Å². The van der Waals surface area contributed by atoms with Gasteiger partial charge in [-0.1, -0.05) is 33.1 Å². The Bertz CT molecular complexity index is 162. The van der Waals surface area contributed by atoms with Crippen LogP contribution in [-0.2, 0) is 0 Å². The van der Waals surface area contributed by atoms with Gasteiger partial charge in [0, 0.05) is 0 Å². The molecule has 3 heteroatoms. The molecular formula is C10H17F3. The summed E-state index contributed by atoms with van der Waals surface area (Å²) < 4.78 is 37.5. The molecule has 0 aromatic carbocycles. The lowest BCUT2D eigenvalue weighted by Crippen LogP contribution is -2.36. The van der Waals surface area contributed by atoms with Crippen LogP contribution in [0.4, 0.5) is 13.2 Å². The number of hydrogen-bond acceptors (Lipinski definition) is 0. The Balaban J connectivity index is 2.65. The maximum Gasteiger partial charge on any atom is 0.392 e. The van der Waals surface area contributed by atoms with E-state index in [1.54, 1.807) is 6.92 Å². The van der Waals surface area contributed by atoms with Gasteiger partial charge in [-0.3, -0.25) is 0 Å². The van der Waals surface area contributed by atoms with Crippen LogP contribution in [0.15, 0.2) is 0 Å². The lowest BCUT2D eigenvalue weighted by molar-refractivity contribution is -0.200. The molecule has 0 aliphatic heterocycles. The SMILES string of the molecule is CCC1CCCC(C(F)(F)F)C1C. The Labute approximate surface area is 77.5 Å². The molecule has 0 amide bonds. The standard InChI is InChI=1S/C10H17F3/c1-3-8-5-4-6-9(7(8)2)10(11,12)13/h7-9H,3-6H2,1-2H3. The fourth-order valence-corrected chi connectivity index (χ4v) is 2.49. The molecule has 1 fully saturated rings. The zero-order valence-corrected chi connectivity index (χ0v) is 8.19. The third kappa shape index (κ3) is 2.38. The first-order valence-electron chi connectivity index (χ1n) is 5.03. The van der Waals surface area contributed by atoms with E-state index in [0.717, 1.165) is 19.3 Å². The molecule has 0 aromatic rings. The van der Waals surface area contributed by atoms with Gasteiger partial charge in [0.25, 0.3) is 0 Å². The van der Waals surface area contributed by atoms with E-state index in [4.69, 9.17) is 0 Å². The molecule has 0 spiro atoms. The first kappa shape index (κ1) is 10.9. The van der Waals surface area contributed by atoms with Crippen molar-refractivity contribution in [1.82, 2.24) is 0 Å². The lowest BCUT2D eigenvalue weighted by atomic mass is 9.72. The van der Waals surface area contributed by atoms with Gasteiger partial charge in [-0.05, 0) is 18.3 Å². The first-order chi connectivity index (χ1) is 5.96. The molecule has 0 saturated heterocycles. The van der Waals surface area contributed by atoms with Crippen molar-refractivity contribution >= 4 is 0 Å². The Morgan fingerprint density at radius 3 is 2.31 bits per heavy atom. The summed E-state index contributed by atoms with van der Waals surface area (Å²) in [5, 5.41) is 0. The van der Waals surface area contributed by atoms with E-state index in [2.05, 4.69) is 0 Å². The second kappa shape index (κ2) is 3.89. The summed E-state index contributed by atoms with van der Waals surface area (Å²) in [7, 11) is 0. The van der Waals surface area contributed by atoms with Crippen LogP contribution in [0.5, 0.6) is 0 Å². The van der Waals surface area contributed by atoms with E-state index in [1.165, 1.54) is 0 Å². The van der Waals surface area contributed by atoms with Gasteiger partial charge in [-0.25, -0.2) is 0 Å². The minimum absolute atomic E-state index is 0.182. The smallest absolute Gasteiger partial charge is 0.171 e. The summed E-state index contributed by atoms with van der Waals surface area (Å²) in [6.45, 7) is 3.74. The van der Waals surface area contributed by atoms with Crippen molar-refractivity contribution in [1.29, 1.82) is 0 Å². The van der Waals surface area contributed by atoms with Gasteiger partial charge in [0.15, 0.2) is 0 Å². The van der Waals surface area contributed by atoms with Gasteiger partial charge in [0.2, 0.25) is 0 Å². The second-order valence-corrected chi connectivity index (χ2v) is 4.11. The van der Waals surface area contributed by atoms with E-state index in [9.17, 15) is 13.2 Å². The quantitative estimate of drug-likeness (QED) is 0.591. The summed E-state index contributed by atoms with van der Waals surface area (Å²) in [5.41, 5.74) is 0. The average Bonchev–Trinajstić information content (AvgIpc) is 2.02. The number of halogens is 3. The Morgan fingerprint density at radius 1 is 1.23 bits per heavy atom. The van der Waals surface area contributed by atoms with Crippen LogP contribution >= 0.6 is 0 Å². The fraction of sp³-hybridized carbons (Fsp3) is 1.00. The van der Waals surface area contributed by atoms with Crippen LogP contribution in [0.25, 0.3) is 0 Å². The van der Waals surface area contributed by atoms with Crippen molar-refractivity contribution in [2.75, 3.05) is 0 Å². The third-order valence-electron chi connectivity index (χ3n) is 3.41. The van der Waals surface area contributed by atoms with Gasteiger partial charge >= 0.3 is 6.18 Å². The number of rotatable bonds is 1. The molecule has 0 aromatic heterocycles. The number of hydrogen-bond donors (Lipinski definition) is 0. The highest BCUT2D eigenvalue weighted by Gasteiger charge is 2.46. The molecule has 3 unspecified atom stereocenters. The van der Waals surface area contributed by atoms with E-state index >= 15 is 0 Å². The molecule has 0 bridgehead atoms. The van der Waals surface area contributed by atoms with Crippen LogP contribution < -0.4 is 0 Å². The maximum atomic E-state index is 12.5. The van der Waals surface area contributed by atoms with Crippen molar-refractivity contribution < 1.29 is 13.2 Å². The zero-order valence-electron chi connectivity index (χ0n) is 8.19. The predicted molar refractivity (Wildman–Crippen MR) is 46.3 cm³/mol. The maximum absolute atomic E-state index is 12.5. The highest BCUT2D eigenvalue weighted by atomic mass is 19.4. The lowest BCUT2D eigenvalue weighted by Gasteiger charge is -2.36. The average molecular weight is 194 g/mol. The van der Waals surface area contributed by atoms with E-state index in [-0.39, 0.29) is 11.8 Å². The molecule has 13 heavy (non-hydrogen) atoms. The van der Waals surface area contributed by atoms with Gasteiger partial charge in [0.05, 0.1) is 5.92 Å². The summed E-state index contributed by atoms with van der Waals surface area (Å²) in [6.07, 6.45) is -1.04. The molecule has 1 saturated carbocycles. The molecule has 0 N–H and O–H groups in total. The summed E-state index contributed by atoms with van der Waals surface area (Å²) in [4.78, 5) is 0. The first-order valence-corrected chi connectivity index (χ1v) is 5.03. The van der Waals surface area contributed by atoms with Crippen molar-refractivity contribution in [3.05, 3.63) is 0 Å². The van der Waals surface area contributed by atoms with Crippen LogP contribution in [0.3, 0.4) is 0 Å². The Hall–Kier alpha value is -0.210. The van der Waals surface area contributed by atoms with Crippen LogP contribution in [0, 0.1) is 17.8 Å². The van der Waals surface area contributed by atoms with Crippen molar-refractivity contribution in [3.63, 3.8) is 0 Å². The van der Waals surface area contributed by atoms with Gasteiger partial charge < -0.3 is 0 Å². The summed E-state index contributed by atoms with van der Waals surface area (Å²) in [5.74, 6) is -0.953. The monoisotopic (exact) mass is 194 g/mol. The largest absolute Gasteiger partial charge is 0.392 e. The van der Waals surface area contributed by atoms with Gasteiger partial charge in [-0.2, -0.15) is 13.2 Å². The van der Waals surface area contributed by atoms with E-state index in [1.807, 2.05) is 6.92 Å². The zero-order chi connectivity index (χ0) is 10.1. The molecule has 1 rings (SSSR count). The molecule has 1 aliphatic rings. The molecular weight excluding hydrogens is 177 g/mol. The van der Waals surface area contributed by atoms with Gasteiger partial charge in [-0.15, -0.1) is 0 Å². The minimum Gasteiger partial charge on any atom is -0.171 e. The predicted octanol–water partition coefficient (Wildman–Crippen LogP) is 4.01. The Morgan fingerprint density at radius 2 is 1.85 bits per heavy atom. The van der Waals surface area contributed by atoms with Crippen molar-refractivity contribution in [2.24, 2.45) is 17.8 Å². The third-order valence-corrected chi connectivity index (χ3v) is 3.41. The fourth-order valence-electron chi connectivity index (χ4n) is 2.49. The number of alkyl halides is 3. The van der Waals surface area contributed by atoms with E-state index < -0.39 is 12.1 Å². The molecule has 3 atom stereocenters. The normalized spacial score (nSPS) is 36.2. The van der Waals surface area contributed by atoms with Crippen LogP contribution in [0.2, 0.25) is 0 Å². The Kier molecular flexibility index (Phi) is 3.25. The molecule has 78 valence electrons. The molecule has 0 radical (unpaired) electrons. The van der Waals surface area contributed by atoms with Gasteiger partial charge in [0.1, 0.15) is 0 Å². The van der Waals surface area contributed by atoms with Crippen molar-refractivity contribution in [2.45, 2.75) is 45.7 Å². The summed E-state index contributed by atoms with van der Waals surface area (Å²) >= 11 is 0. The second-order valence-electron chi connectivity index (χ2n) is 4.11. The molecule has 0 heterocycles. The van der Waals surface area contributed by atoms with Crippen LogP contribution in [-0.4, -0.2) is 6.18 Å². The molecule has 1 aliphatic carbocycles. The highest BCUT2D eigenvalue weighted by Crippen LogP contribution is 2.44. The minimum atomic E-state index is -3.98.